The van der Waals surface area contributed by atoms with Gasteiger partial charge in [0, 0.05) is 12.4 Å². The maximum atomic E-state index is 11.0. The van der Waals surface area contributed by atoms with Crippen molar-refractivity contribution in [1.82, 2.24) is 19.6 Å². The fourth-order valence-electron chi connectivity index (χ4n) is 2.63. The summed E-state index contributed by atoms with van der Waals surface area (Å²) in [6.45, 7) is 0.397. The Morgan fingerprint density at radius 2 is 2.16 bits per heavy atom. The molecule has 6 heteroatoms. The lowest BCUT2D eigenvalue weighted by Gasteiger charge is -2.09. The summed E-state index contributed by atoms with van der Waals surface area (Å²) in [5, 5.41) is 17.6. The van der Waals surface area contributed by atoms with Gasteiger partial charge < -0.3 is 5.11 Å². The first-order valence-electron chi connectivity index (χ1n) is 6.53. The highest BCUT2D eigenvalue weighted by atomic mass is 16.4. The smallest absolute Gasteiger partial charge is 0.354 e. The summed E-state index contributed by atoms with van der Waals surface area (Å²) >= 11 is 0. The average molecular weight is 260 g/mol. The van der Waals surface area contributed by atoms with E-state index in [2.05, 4.69) is 10.2 Å². The van der Waals surface area contributed by atoms with Gasteiger partial charge in [0.15, 0.2) is 0 Å². The molecule has 0 atom stereocenters. The van der Waals surface area contributed by atoms with Crippen molar-refractivity contribution in [3.8, 4) is 0 Å². The zero-order valence-corrected chi connectivity index (χ0v) is 10.6. The largest absolute Gasteiger partial charge is 0.477 e. The standard InChI is InChI=1S/C13H16N4O2/c18-13(19)12-5-7-14-17(12)9-10-6-8-16(15-10)11-3-1-2-4-11/h5-8,11H,1-4,9H2,(H,18,19). The van der Waals surface area contributed by atoms with Gasteiger partial charge in [-0.1, -0.05) is 12.8 Å². The lowest BCUT2D eigenvalue weighted by Crippen LogP contribution is -2.12. The maximum absolute atomic E-state index is 11.0. The molecule has 1 N–H and O–H groups in total. The van der Waals surface area contributed by atoms with Gasteiger partial charge >= 0.3 is 5.97 Å². The Bertz CT molecular complexity index is 581. The molecule has 1 aliphatic rings. The van der Waals surface area contributed by atoms with E-state index in [9.17, 15) is 4.79 Å². The molecule has 0 aliphatic heterocycles. The van der Waals surface area contributed by atoms with Crippen molar-refractivity contribution in [2.45, 2.75) is 38.3 Å². The average Bonchev–Trinajstić information content (AvgIpc) is 3.09. The van der Waals surface area contributed by atoms with Crippen LogP contribution in [0.15, 0.2) is 24.5 Å². The van der Waals surface area contributed by atoms with Crippen LogP contribution in [0.1, 0.15) is 47.9 Å². The molecule has 2 aromatic heterocycles. The molecule has 0 amide bonds. The van der Waals surface area contributed by atoms with Crippen molar-refractivity contribution in [2.24, 2.45) is 0 Å². The summed E-state index contributed by atoms with van der Waals surface area (Å²) in [6.07, 6.45) is 8.38. The van der Waals surface area contributed by atoms with Crippen molar-refractivity contribution >= 4 is 5.97 Å². The van der Waals surface area contributed by atoms with Crippen LogP contribution in [-0.2, 0) is 6.54 Å². The SMILES string of the molecule is O=C(O)c1ccnn1Cc1ccn(C2CCCC2)n1. The molecule has 1 aliphatic carbocycles. The van der Waals surface area contributed by atoms with Crippen LogP contribution in [0.2, 0.25) is 0 Å². The van der Waals surface area contributed by atoms with Crippen molar-refractivity contribution in [3.05, 3.63) is 35.9 Å². The van der Waals surface area contributed by atoms with E-state index < -0.39 is 5.97 Å². The number of hydrogen-bond donors (Lipinski definition) is 1. The van der Waals surface area contributed by atoms with Crippen molar-refractivity contribution in [2.75, 3.05) is 0 Å². The lowest BCUT2D eigenvalue weighted by molar-refractivity contribution is 0.0684. The Hall–Kier alpha value is -2.11. The van der Waals surface area contributed by atoms with E-state index in [0.29, 0.717) is 12.6 Å². The van der Waals surface area contributed by atoms with Gasteiger partial charge in [-0.25, -0.2) is 4.79 Å². The summed E-state index contributed by atoms with van der Waals surface area (Å²) in [5.41, 5.74) is 1.04. The minimum absolute atomic E-state index is 0.190. The fourth-order valence-corrected chi connectivity index (χ4v) is 2.63. The van der Waals surface area contributed by atoms with Gasteiger partial charge in [0.2, 0.25) is 0 Å². The monoisotopic (exact) mass is 260 g/mol. The Balaban J connectivity index is 1.76. The number of carbonyl (C=O) groups is 1. The number of hydrogen-bond acceptors (Lipinski definition) is 3. The molecule has 0 spiro atoms. The molecule has 0 aromatic carbocycles. The minimum atomic E-state index is -0.965. The zero-order chi connectivity index (χ0) is 13.2. The number of nitrogens with zero attached hydrogens (tertiary/aromatic N) is 4. The molecule has 19 heavy (non-hydrogen) atoms. The molecule has 3 rings (SSSR count). The Morgan fingerprint density at radius 1 is 1.37 bits per heavy atom. The Labute approximate surface area is 110 Å². The molecule has 0 radical (unpaired) electrons. The van der Waals surface area contributed by atoms with Crippen LogP contribution in [0.4, 0.5) is 0 Å². The van der Waals surface area contributed by atoms with Crippen LogP contribution in [0.5, 0.6) is 0 Å². The van der Waals surface area contributed by atoms with Gasteiger partial charge in [-0.2, -0.15) is 10.2 Å². The first-order valence-corrected chi connectivity index (χ1v) is 6.53. The minimum Gasteiger partial charge on any atom is -0.477 e. The van der Waals surface area contributed by atoms with Crippen LogP contribution in [0.3, 0.4) is 0 Å². The summed E-state index contributed by atoms with van der Waals surface area (Å²) in [6, 6.07) is 3.94. The third kappa shape index (κ3) is 2.38. The number of carboxylic acids is 1. The maximum Gasteiger partial charge on any atom is 0.354 e. The van der Waals surface area contributed by atoms with Crippen LogP contribution < -0.4 is 0 Å². The van der Waals surface area contributed by atoms with Gasteiger partial charge in [0.25, 0.3) is 0 Å². The van der Waals surface area contributed by atoms with E-state index in [4.69, 9.17) is 5.11 Å². The van der Waals surface area contributed by atoms with Gasteiger partial charge in [-0.05, 0) is 25.0 Å². The molecular weight excluding hydrogens is 244 g/mol. The number of aromatic nitrogens is 4. The third-order valence-corrected chi connectivity index (χ3v) is 3.61. The van der Waals surface area contributed by atoms with Crippen LogP contribution in [-0.4, -0.2) is 30.6 Å². The molecule has 2 heterocycles. The molecular formula is C13H16N4O2. The summed E-state index contributed by atoms with van der Waals surface area (Å²) < 4.78 is 3.47. The molecule has 0 saturated heterocycles. The molecule has 6 nitrogen and oxygen atoms in total. The van der Waals surface area contributed by atoms with Crippen LogP contribution in [0.25, 0.3) is 0 Å². The zero-order valence-electron chi connectivity index (χ0n) is 10.6. The van der Waals surface area contributed by atoms with E-state index in [1.54, 1.807) is 0 Å². The first-order chi connectivity index (χ1) is 9.24. The topological polar surface area (TPSA) is 72.9 Å². The van der Waals surface area contributed by atoms with E-state index in [0.717, 1.165) is 5.69 Å². The van der Waals surface area contributed by atoms with E-state index >= 15 is 0 Å². The second-order valence-electron chi connectivity index (χ2n) is 4.90. The highest BCUT2D eigenvalue weighted by molar-refractivity contribution is 5.85. The van der Waals surface area contributed by atoms with Crippen molar-refractivity contribution < 1.29 is 9.90 Å². The highest BCUT2D eigenvalue weighted by Crippen LogP contribution is 2.28. The first kappa shape index (κ1) is 12.0. The van der Waals surface area contributed by atoms with Crippen molar-refractivity contribution in [3.63, 3.8) is 0 Å². The van der Waals surface area contributed by atoms with Crippen molar-refractivity contribution in [1.29, 1.82) is 0 Å². The van der Waals surface area contributed by atoms with Gasteiger partial charge in [-0.15, -0.1) is 0 Å². The molecule has 0 bridgehead atoms. The molecule has 0 unspecified atom stereocenters. The van der Waals surface area contributed by atoms with E-state index in [1.165, 1.54) is 42.6 Å². The van der Waals surface area contributed by atoms with Gasteiger partial charge in [0.1, 0.15) is 5.69 Å². The van der Waals surface area contributed by atoms with E-state index in [1.807, 2.05) is 16.9 Å². The highest BCUT2D eigenvalue weighted by Gasteiger charge is 2.18. The second-order valence-corrected chi connectivity index (χ2v) is 4.90. The van der Waals surface area contributed by atoms with Crippen LogP contribution >= 0.6 is 0 Å². The number of carboxylic acid groups (broad SMARTS) is 1. The van der Waals surface area contributed by atoms with Crippen LogP contribution in [0, 0.1) is 0 Å². The molecule has 100 valence electrons. The lowest BCUT2D eigenvalue weighted by atomic mass is 10.3. The predicted octanol–water partition coefficient (Wildman–Crippen LogP) is 1.94. The second kappa shape index (κ2) is 4.87. The molecule has 2 aromatic rings. The predicted molar refractivity (Wildman–Crippen MR) is 68.0 cm³/mol. The summed E-state index contributed by atoms with van der Waals surface area (Å²) in [7, 11) is 0. The normalized spacial score (nSPS) is 16.0. The van der Waals surface area contributed by atoms with Gasteiger partial charge in [-0.3, -0.25) is 9.36 Å². The summed E-state index contributed by atoms with van der Waals surface area (Å²) in [5.74, 6) is -0.965. The fraction of sp³-hybridized carbons (Fsp3) is 0.462. The molecule has 1 saturated carbocycles. The van der Waals surface area contributed by atoms with E-state index in [-0.39, 0.29) is 5.69 Å². The summed E-state index contributed by atoms with van der Waals surface area (Å²) in [4.78, 5) is 11.0. The Morgan fingerprint density at radius 3 is 2.89 bits per heavy atom. The number of aromatic carboxylic acids is 1. The quantitative estimate of drug-likeness (QED) is 0.911. The van der Waals surface area contributed by atoms with Gasteiger partial charge in [0.05, 0.1) is 18.3 Å². The molecule has 1 fully saturated rings. The Kier molecular flexibility index (Phi) is 3.06. The number of rotatable bonds is 4. The third-order valence-electron chi connectivity index (χ3n) is 3.61.